The molecule has 0 saturated carbocycles. The van der Waals surface area contributed by atoms with Crippen molar-refractivity contribution < 1.29 is 4.79 Å². The second-order valence-corrected chi connectivity index (χ2v) is 7.14. The summed E-state index contributed by atoms with van der Waals surface area (Å²) >= 11 is 0. The van der Waals surface area contributed by atoms with Crippen molar-refractivity contribution in [3.63, 3.8) is 0 Å². The zero-order chi connectivity index (χ0) is 18.9. The van der Waals surface area contributed by atoms with E-state index in [0.29, 0.717) is 6.04 Å². The molecular formula is C20H33N5O. The molecule has 1 aromatic rings. The average Bonchev–Trinajstić information content (AvgIpc) is 2.64. The molecule has 1 aliphatic heterocycles. The van der Waals surface area contributed by atoms with Crippen LogP contribution in [0.5, 0.6) is 0 Å². The summed E-state index contributed by atoms with van der Waals surface area (Å²) in [7, 11) is 3.51. The first kappa shape index (κ1) is 20.1. The lowest BCUT2D eigenvalue weighted by atomic mass is 10.0. The highest BCUT2D eigenvalue weighted by molar-refractivity contribution is 5.85. The predicted molar refractivity (Wildman–Crippen MR) is 109 cm³/mol. The molecule has 0 radical (unpaired) electrons. The monoisotopic (exact) mass is 359 g/mol. The molecule has 2 rings (SSSR count). The van der Waals surface area contributed by atoms with Crippen LogP contribution in [0.2, 0.25) is 0 Å². The number of guanidine groups is 1. The number of nitrogens with one attached hydrogen (secondary N) is 2. The van der Waals surface area contributed by atoms with E-state index in [0.717, 1.165) is 44.9 Å². The predicted octanol–water partition coefficient (Wildman–Crippen LogP) is 2.00. The summed E-state index contributed by atoms with van der Waals surface area (Å²) in [5, 5.41) is 6.85. The Hall–Kier alpha value is -2.24. The zero-order valence-corrected chi connectivity index (χ0v) is 16.6. The number of amides is 1. The van der Waals surface area contributed by atoms with E-state index in [-0.39, 0.29) is 12.5 Å². The van der Waals surface area contributed by atoms with Crippen LogP contribution in [0.3, 0.4) is 0 Å². The summed E-state index contributed by atoms with van der Waals surface area (Å²) in [5.41, 5.74) is 2.55. The van der Waals surface area contributed by atoms with E-state index in [4.69, 9.17) is 0 Å². The van der Waals surface area contributed by atoms with Gasteiger partial charge in [-0.15, -0.1) is 0 Å². The van der Waals surface area contributed by atoms with Gasteiger partial charge in [0.25, 0.3) is 0 Å². The molecule has 1 heterocycles. The molecule has 26 heavy (non-hydrogen) atoms. The molecule has 6 nitrogen and oxygen atoms in total. The van der Waals surface area contributed by atoms with Crippen LogP contribution in [-0.2, 0) is 4.79 Å². The quantitative estimate of drug-likeness (QED) is 0.602. The second kappa shape index (κ2) is 10.0. The van der Waals surface area contributed by atoms with Crippen LogP contribution in [0.1, 0.15) is 31.7 Å². The molecule has 1 saturated heterocycles. The number of rotatable bonds is 6. The molecule has 1 aliphatic rings. The van der Waals surface area contributed by atoms with Gasteiger partial charge in [0.05, 0.1) is 0 Å². The van der Waals surface area contributed by atoms with E-state index in [9.17, 15) is 4.79 Å². The molecule has 0 bridgehead atoms. The minimum Gasteiger partial charge on any atom is -0.369 e. The number of nitrogens with zero attached hydrogens (tertiary/aromatic N) is 3. The Kier molecular flexibility index (Phi) is 7.75. The van der Waals surface area contributed by atoms with E-state index in [2.05, 4.69) is 58.6 Å². The Morgan fingerprint density at radius 1 is 1.31 bits per heavy atom. The molecule has 144 valence electrons. The minimum atomic E-state index is 0.00697. The van der Waals surface area contributed by atoms with Gasteiger partial charge in [0.2, 0.25) is 5.91 Å². The van der Waals surface area contributed by atoms with Crippen LogP contribution < -0.4 is 15.5 Å². The number of likely N-dealkylation sites (N-methyl/N-ethyl adjacent to an activating group) is 1. The Morgan fingerprint density at radius 2 is 2.04 bits per heavy atom. The topological polar surface area (TPSA) is 60.0 Å². The van der Waals surface area contributed by atoms with Gasteiger partial charge in [-0.25, -0.2) is 4.99 Å². The number of carbonyl (C=O) groups is 1. The summed E-state index contributed by atoms with van der Waals surface area (Å²) < 4.78 is 0. The van der Waals surface area contributed by atoms with Crippen LogP contribution in [-0.4, -0.2) is 63.1 Å². The van der Waals surface area contributed by atoms with Gasteiger partial charge in [-0.3, -0.25) is 4.79 Å². The van der Waals surface area contributed by atoms with Crippen LogP contribution in [0.15, 0.2) is 29.3 Å². The molecule has 1 amide bonds. The summed E-state index contributed by atoms with van der Waals surface area (Å²) in [6.07, 6.45) is 3.27. The lowest BCUT2D eigenvalue weighted by Crippen LogP contribution is -2.51. The third-order valence-electron chi connectivity index (χ3n) is 4.58. The van der Waals surface area contributed by atoms with Crippen LogP contribution in [0.25, 0.3) is 0 Å². The van der Waals surface area contributed by atoms with E-state index in [1.54, 1.807) is 19.0 Å². The summed E-state index contributed by atoms with van der Waals surface area (Å²) in [6, 6.07) is 9.03. The molecule has 0 spiro atoms. The fourth-order valence-corrected chi connectivity index (χ4v) is 2.96. The van der Waals surface area contributed by atoms with Crippen LogP contribution >= 0.6 is 0 Å². The van der Waals surface area contributed by atoms with Gasteiger partial charge in [0, 0.05) is 45.5 Å². The fourth-order valence-electron chi connectivity index (χ4n) is 2.96. The lowest BCUT2D eigenvalue weighted by molar-refractivity contribution is -0.127. The summed E-state index contributed by atoms with van der Waals surface area (Å²) in [5.74, 6) is 0.741. The summed E-state index contributed by atoms with van der Waals surface area (Å²) in [4.78, 5) is 20.3. The first-order valence-electron chi connectivity index (χ1n) is 9.56. The van der Waals surface area contributed by atoms with Gasteiger partial charge < -0.3 is 20.4 Å². The zero-order valence-electron chi connectivity index (χ0n) is 16.6. The summed E-state index contributed by atoms with van der Waals surface area (Å²) in [6.45, 7) is 7.26. The third-order valence-corrected chi connectivity index (χ3v) is 4.58. The maximum absolute atomic E-state index is 11.8. The van der Waals surface area contributed by atoms with E-state index in [1.807, 2.05) is 0 Å². The van der Waals surface area contributed by atoms with Gasteiger partial charge in [0.15, 0.2) is 5.96 Å². The highest BCUT2D eigenvalue weighted by atomic mass is 16.2. The van der Waals surface area contributed by atoms with E-state index in [1.165, 1.54) is 11.3 Å². The highest BCUT2D eigenvalue weighted by Crippen LogP contribution is 2.20. The Labute approximate surface area is 157 Å². The van der Waals surface area contributed by atoms with Crippen molar-refractivity contribution in [1.82, 2.24) is 15.5 Å². The number of hydrogen-bond donors (Lipinski definition) is 2. The number of anilines is 1. The molecule has 0 aliphatic carbocycles. The number of benzene rings is 1. The highest BCUT2D eigenvalue weighted by Gasteiger charge is 2.21. The average molecular weight is 360 g/mol. The Morgan fingerprint density at radius 3 is 2.69 bits per heavy atom. The Bertz CT molecular complexity index is 597. The van der Waals surface area contributed by atoms with E-state index >= 15 is 0 Å². The number of aliphatic imine (C=N–C) groups is 1. The molecule has 1 atom stereocenters. The number of hydrogen-bond acceptors (Lipinski definition) is 3. The SMILES string of the molecule is CCCNC(=NCC(=O)N(C)C)NC1CCCN(c2ccc(C)cc2)C1. The van der Waals surface area contributed by atoms with Crippen molar-refractivity contribution in [3.05, 3.63) is 29.8 Å². The van der Waals surface area contributed by atoms with Gasteiger partial charge in [0.1, 0.15) is 6.54 Å². The lowest BCUT2D eigenvalue weighted by Gasteiger charge is -2.35. The number of aryl methyl sites for hydroxylation is 1. The first-order chi connectivity index (χ1) is 12.5. The van der Waals surface area contributed by atoms with Crippen molar-refractivity contribution in [2.75, 3.05) is 45.2 Å². The fraction of sp³-hybridized carbons (Fsp3) is 0.600. The molecule has 1 fully saturated rings. The van der Waals surface area contributed by atoms with Crippen molar-refractivity contribution in [2.45, 2.75) is 39.2 Å². The van der Waals surface area contributed by atoms with Gasteiger partial charge in [-0.2, -0.15) is 0 Å². The smallest absolute Gasteiger partial charge is 0.243 e. The van der Waals surface area contributed by atoms with Crippen molar-refractivity contribution in [2.24, 2.45) is 4.99 Å². The normalized spacial score (nSPS) is 17.8. The molecule has 6 heteroatoms. The van der Waals surface area contributed by atoms with Crippen molar-refractivity contribution >= 4 is 17.6 Å². The molecule has 2 N–H and O–H groups in total. The maximum Gasteiger partial charge on any atom is 0.243 e. The standard InChI is InChI=1S/C20H33N5O/c1-5-12-21-20(22-14-19(26)24(3)4)23-17-7-6-13-25(15-17)18-10-8-16(2)9-11-18/h8-11,17H,5-7,12-15H2,1-4H3,(H2,21,22,23). The second-order valence-electron chi connectivity index (χ2n) is 7.14. The van der Waals surface area contributed by atoms with Gasteiger partial charge >= 0.3 is 0 Å². The first-order valence-corrected chi connectivity index (χ1v) is 9.56. The molecule has 1 unspecified atom stereocenters. The minimum absolute atomic E-state index is 0.00697. The van der Waals surface area contributed by atoms with Crippen LogP contribution in [0, 0.1) is 6.92 Å². The third kappa shape index (κ3) is 6.24. The van der Waals surface area contributed by atoms with Gasteiger partial charge in [-0.05, 0) is 38.3 Å². The molecule has 1 aromatic carbocycles. The largest absolute Gasteiger partial charge is 0.369 e. The van der Waals surface area contributed by atoms with Crippen LogP contribution in [0.4, 0.5) is 5.69 Å². The van der Waals surface area contributed by atoms with Gasteiger partial charge in [-0.1, -0.05) is 24.6 Å². The maximum atomic E-state index is 11.8. The molecular weight excluding hydrogens is 326 g/mol. The number of carbonyl (C=O) groups excluding carboxylic acids is 1. The van der Waals surface area contributed by atoms with Crippen molar-refractivity contribution in [3.8, 4) is 0 Å². The Balaban J connectivity index is 1.98. The van der Waals surface area contributed by atoms with Crippen molar-refractivity contribution in [1.29, 1.82) is 0 Å². The van der Waals surface area contributed by atoms with E-state index < -0.39 is 0 Å². The number of piperidine rings is 1. The molecule has 0 aromatic heterocycles.